The number of hydrogen-bond acceptors (Lipinski definition) is 2. The Morgan fingerprint density at radius 1 is 1.44 bits per heavy atom. The van der Waals surface area contributed by atoms with E-state index < -0.39 is 0 Å². The molecule has 1 aliphatic heterocycles. The molecule has 1 N–H and O–H groups in total. The van der Waals surface area contributed by atoms with Gasteiger partial charge < -0.3 is 4.84 Å². The van der Waals surface area contributed by atoms with Crippen molar-refractivity contribution in [3.63, 3.8) is 0 Å². The lowest BCUT2D eigenvalue weighted by molar-refractivity contribution is 0.128. The molecule has 0 aromatic carbocycles. The van der Waals surface area contributed by atoms with Crippen molar-refractivity contribution in [3.05, 3.63) is 0 Å². The zero-order chi connectivity index (χ0) is 6.95. The highest BCUT2D eigenvalue weighted by molar-refractivity contribution is 6.32. The minimum absolute atomic E-state index is 0.833. The van der Waals surface area contributed by atoms with Gasteiger partial charge in [-0.05, 0) is 6.32 Å². The molecular weight excluding hydrogens is 113 g/mol. The Kier molecular flexibility index (Phi) is 7.97. The molecule has 0 saturated carbocycles. The first kappa shape index (κ1) is 8.98. The highest BCUT2D eigenvalue weighted by Gasteiger charge is 1.96. The van der Waals surface area contributed by atoms with E-state index in [1.165, 1.54) is 12.8 Å². The summed E-state index contributed by atoms with van der Waals surface area (Å²) in [5.41, 5.74) is 0. The van der Waals surface area contributed by atoms with Gasteiger partial charge in [-0.15, -0.1) is 0 Å². The average molecular weight is 128 g/mol. The first-order valence-electron chi connectivity index (χ1n) is 3.60. The second-order valence-electron chi connectivity index (χ2n) is 1.96. The third-order valence-electron chi connectivity index (χ3n) is 1.03. The molecule has 0 aromatic rings. The summed E-state index contributed by atoms with van der Waals surface area (Å²) >= 11 is 0. The monoisotopic (exact) mass is 128 g/mol. The van der Waals surface area contributed by atoms with Crippen LogP contribution in [0, 0.1) is 0 Å². The molecule has 0 aliphatic carbocycles. The van der Waals surface area contributed by atoms with Crippen molar-refractivity contribution in [3.8, 4) is 0 Å². The van der Waals surface area contributed by atoms with Gasteiger partial charge in [0.15, 0.2) is 0 Å². The Balaban J connectivity index is 0.000000148. The van der Waals surface area contributed by atoms with E-state index in [0.29, 0.717) is 0 Å². The Hall–Kier alpha value is -0.0151. The molecule has 1 fully saturated rings. The van der Waals surface area contributed by atoms with Crippen molar-refractivity contribution < 1.29 is 4.84 Å². The summed E-state index contributed by atoms with van der Waals surface area (Å²) in [6.45, 7) is 5.19. The summed E-state index contributed by atoms with van der Waals surface area (Å²) in [5, 5.41) is 2.60. The molecule has 1 aliphatic rings. The molecule has 53 valence electrons. The smallest absolute Gasteiger partial charge is 0.244 e. The molecule has 0 bridgehead atoms. The summed E-state index contributed by atoms with van der Waals surface area (Å²) in [6.07, 6.45) is 3.68. The van der Waals surface area contributed by atoms with Crippen LogP contribution in [0.3, 0.4) is 0 Å². The molecule has 0 atom stereocenters. The Bertz CT molecular complexity index is 38.7. The maximum atomic E-state index is 4.64. The van der Waals surface area contributed by atoms with E-state index in [1.54, 1.807) is 0 Å². The van der Waals surface area contributed by atoms with Crippen LogP contribution < -0.4 is 5.39 Å². The summed E-state index contributed by atoms with van der Waals surface area (Å²) in [4.78, 5) is 4.64. The van der Waals surface area contributed by atoms with E-state index in [4.69, 9.17) is 0 Å². The SMILES string of the molecule is CCCC.[B]1CCON1. The number of rotatable bonds is 1. The van der Waals surface area contributed by atoms with Gasteiger partial charge in [-0.1, -0.05) is 26.7 Å². The van der Waals surface area contributed by atoms with Crippen molar-refractivity contribution in [2.24, 2.45) is 0 Å². The van der Waals surface area contributed by atoms with Gasteiger partial charge in [-0.2, -0.15) is 0 Å². The highest BCUT2D eigenvalue weighted by atomic mass is 16.6. The normalized spacial score (nSPS) is 15.8. The molecule has 0 unspecified atom stereocenters. The summed E-state index contributed by atoms with van der Waals surface area (Å²) in [6, 6.07) is 0. The molecule has 1 saturated heterocycles. The molecule has 0 amide bonds. The quantitative estimate of drug-likeness (QED) is 0.538. The zero-order valence-corrected chi connectivity index (χ0v) is 6.31. The van der Waals surface area contributed by atoms with E-state index >= 15 is 0 Å². The maximum Gasteiger partial charge on any atom is 0.244 e. The third-order valence-corrected chi connectivity index (χ3v) is 1.03. The van der Waals surface area contributed by atoms with Crippen LogP contribution in [0.15, 0.2) is 0 Å². The molecular formula is C6H15BNO. The fourth-order valence-electron chi connectivity index (χ4n) is 0.295. The first-order chi connectivity index (χ1) is 4.41. The van der Waals surface area contributed by atoms with E-state index in [-0.39, 0.29) is 0 Å². The minimum Gasteiger partial charge on any atom is -0.315 e. The lowest BCUT2D eigenvalue weighted by atomic mass is 9.94. The van der Waals surface area contributed by atoms with Crippen LogP contribution in [-0.2, 0) is 4.84 Å². The fourth-order valence-corrected chi connectivity index (χ4v) is 0.295. The summed E-state index contributed by atoms with van der Waals surface area (Å²) in [5.74, 6) is 0. The summed E-state index contributed by atoms with van der Waals surface area (Å²) < 4.78 is 0. The molecule has 0 aromatic heterocycles. The fraction of sp³-hybridized carbons (Fsp3) is 1.00. The highest BCUT2D eigenvalue weighted by Crippen LogP contribution is 1.82. The van der Waals surface area contributed by atoms with Gasteiger partial charge in [0, 0.05) is 0 Å². The largest absolute Gasteiger partial charge is 0.315 e. The number of unbranched alkanes of at least 4 members (excludes halogenated alkanes) is 1. The standard InChI is InChI=1S/C4H10.C2H5BNO/c1-3-4-2;1-2-5-4-3-1/h3-4H2,1-2H3;4H,1-2H2. The van der Waals surface area contributed by atoms with Gasteiger partial charge in [0.2, 0.25) is 7.41 Å². The van der Waals surface area contributed by atoms with E-state index in [0.717, 1.165) is 12.9 Å². The minimum atomic E-state index is 0.833. The predicted molar refractivity (Wildman–Crippen MR) is 40.2 cm³/mol. The van der Waals surface area contributed by atoms with Crippen LogP contribution in [-0.4, -0.2) is 14.0 Å². The van der Waals surface area contributed by atoms with E-state index in [1.807, 2.05) is 7.41 Å². The topological polar surface area (TPSA) is 21.3 Å². The van der Waals surface area contributed by atoms with Crippen LogP contribution in [0.5, 0.6) is 0 Å². The van der Waals surface area contributed by atoms with E-state index in [2.05, 4.69) is 24.1 Å². The van der Waals surface area contributed by atoms with Gasteiger partial charge >= 0.3 is 0 Å². The second-order valence-corrected chi connectivity index (χ2v) is 1.96. The van der Waals surface area contributed by atoms with Crippen LogP contribution in [0.25, 0.3) is 0 Å². The Morgan fingerprint density at radius 2 is 2.11 bits per heavy atom. The predicted octanol–water partition coefficient (Wildman–Crippen LogP) is 1.37. The van der Waals surface area contributed by atoms with Crippen molar-refractivity contribution in [2.75, 3.05) is 6.61 Å². The first-order valence-corrected chi connectivity index (χ1v) is 3.60. The molecule has 1 heterocycles. The van der Waals surface area contributed by atoms with Gasteiger partial charge in [-0.25, -0.2) is 0 Å². The average Bonchev–Trinajstić information content (AvgIpc) is 2.43. The zero-order valence-electron chi connectivity index (χ0n) is 6.31. The van der Waals surface area contributed by atoms with Crippen LogP contribution in [0.4, 0.5) is 0 Å². The van der Waals surface area contributed by atoms with Crippen LogP contribution >= 0.6 is 0 Å². The summed E-state index contributed by atoms with van der Waals surface area (Å²) in [7, 11) is 1.89. The molecule has 0 spiro atoms. The van der Waals surface area contributed by atoms with Crippen LogP contribution in [0.2, 0.25) is 6.32 Å². The Labute approximate surface area is 58.2 Å². The molecule has 1 rings (SSSR count). The van der Waals surface area contributed by atoms with Crippen molar-refractivity contribution in [1.29, 1.82) is 0 Å². The molecule has 1 radical (unpaired) electrons. The lowest BCUT2D eigenvalue weighted by Gasteiger charge is -1.80. The second kappa shape index (κ2) is 7.98. The molecule has 2 nitrogen and oxygen atoms in total. The van der Waals surface area contributed by atoms with Crippen molar-refractivity contribution in [1.82, 2.24) is 5.39 Å². The number of nitrogens with one attached hydrogen (secondary N) is 1. The van der Waals surface area contributed by atoms with Gasteiger partial charge in [0.05, 0.1) is 6.61 Å². The van der Waals surface area contributed by atoms with E-state index in [9.17, 15) is 0 Å². The van der Waals surface area contributed by atoms with Gasteiger partial charge in [0.1, 0.15) is 0 Å². The molecule has 3 heteroatoms. The third kappa shape index (κ3) is 7.98. The maximum absolute atomic E-state index is 4.64. The number of hydrogen-bond donors (Lipinski definition) is 1. The molecule has 9 heavy (non-hydrogen) atoms. The van der Waals surface area contributed by atoms with Crippen molar-refractivity contribution >= 4 is 7.41 Å². The van der Waals surface area contributed by atoms with Gasteiger partial charge in [0.25, 0.3) is 0 Å². The van der Waals surface area contributed by atoms with Gasteiger partial charge in [-0.3, -0.25) is 5.39 Å². The lowest BCUT2D eigenvalue weighted by Crippen LogP contribution is -2.05. The van der Waals surface area contributed by atoms with Crippen molar-refractivity contribution in [2.45, 2.75) is 33.0 Å². The Morgan fingerprint density at radius 3 is 2.22 bits per heavy atom. The van der Waals surface area contributed by atoms with Crippen LogP contribution in [0.1, 0.15) is 26.7 Å².